The van der Waals surface area contributed by atoms with Gasteiger partial charge < -0.3 is 15.0 Å². The SMILES string of the molecule is CCNCc1cc(F)cc(OCC(=O)N(C)C(C)C)c1. The molecule has 0 saturated carbocycles. The topological polar surface area (TPSA) is 41.6 Å². The Bertz CT molecular complexity index is 449. The molecule has 0 aliphatic rings. The number of rotatable bonds is 7. The van der Waals surface area contributed by atoms with E-state index in [0.717, 1.165) is 12.1 Å². The van der Waals surface area contributed by atoms with Crippen molar-refractivity contribution >= 4 is 5.91 Å². The Hall–Kier alpha value is -1.62. The first kappa shape index (κ1) is 16.4. The summed E-state index contributed by atoms with van der Waals surface area (Å²) in [5.74, 6) is -0.110. The Morgan fingerprint density at radius 3 is 2.70 bits per heavy atom. The summed E-state index contributed by atoms with van der Waals surface area (Å²) >= 11 is 0. The monoisotopic (exact) mass is 282 g/mol. The van der Waals surface area contributed by atoms with Crippen LogP contribution in [0.1, 0.15) is 26.3 Å². The van der Waals surface area contributed by atoms with Gasteiger partial charge in [0, 0.05) is 25.7 Å². The van der Waals surface area contributed by atoms with E-state index in [0.29, 0.717) is 12.3 Å². The van der Waals surface area contributed by atoms with Crippen LogP contribution in [-0.2, 0) is 11.3 Å². The molecule has 1 aromatic carbocycles. The molecule has 0 spiro atoms. The molecular formula is C15H23FN2O2. The van der Waals surface area contributed by atoms with Crippen LogP contribution in [0.15, 0.2) is 18.2 Å². The summed E-state index contributed by atoms with van der Waals surface area (Å²) in [5.41, 5.74) is 0.798. The fourth-order valence-corrected chi connectivity index (χ4v) is 1.61. The molecule has 112 valence electrons. The van der Waals surface area contributed by atoms with Crippen LogP contribution in [0, 0.1) is 5.82 Å². The van der Waals surface area contributed by atoms with E-state index in [2.05, 4.69) is 5.32 Å². The minimum atomic E-state index is -0.361. The quantitative estimate of drug-likeness (QED) is 0.833. The molecule has 1 amide bonds. The van der Waals surface area contributed by atoms with Gasteiger partial charge in [-0.15, -0.1) is 0 Å². The Labute approximate surface area is 119 Å². The number of halogens is 1. The number of benzene rings is 1. The summed E-state index contributed by atoms with van der Waals surface area (Å²) in [5, 5.41) is 3.12. The number of hydrogen-bond donors (Lipinski definition) is 1. The van der Waals surface area contributed by atoms with Crippen molar-refractivity contribution in [2.75, 3.05) is 20.2 Å². The van der Waals surface area contributed by atoms with Crippen molar-refractivity contribution in [2.24, 2.45) is 0 Å². The van der Waals surface area contributed by atoms with Gasteiger partial charge in [-0.1, -0.05) is 6.92 Å². The molecule has 20 heavy (non-hydrogen) atoms. The fraction of sp³-hybridized carbons (Fsp3) is 0.533. The lowest BCUT2D eigenvalue weighted by Gasteiger charge is -2.21. The maximum absolute atomic E-state index is 13.5. The van der Waals surface area contributed by atoms with Crippen LogP contribution >= 0.6 is 0 Å². The molecule has 0 aliphatic heterocycles. The molecule has 0 bridgehead atoms. The van der Waals surface area contributed by atoms with Gasteiger partial charge in [0.05, 0.1) is 0 Å². The molecule has 0 fully saturated rings. The van der Waals surface area contributed by atoms with Crippen LogP contribution < -0.4 is 10.1 Å². The molecule has 4 nitrogen and oxygen atoms in total. The number of ether oxygens (including phenoxy) is 1. The lowest BCUT2D eigenvalue weighted by atomic mass is 10.2. The third-order valence-corrected chi connectivity index (χ3v) is 3.04. The van der Waals surface area contributed by atoms with Crippen molar-refractivity contribution in [3.05, 3.63) is 29.6 Å². The summed E-state index contributed by atoms with van der Waals surface area (Å²) in [6, 6.07) is 4.60. The molecule has 0 radical (unpaired) electrons. The van der Waals surface area contributed by atoms with Crippen molar-refractivity contribution in [1.82, 2.24) is 10.2 Å². The van der Waals surface area contributed by atoms with Crippen molar-refractivity contribution in [3.8, 4) is 5.75 Å². The van der Waals surface area contributed by atoms with E-state index in [-0.39, 0.29) is 24.4 Å². The van der Waals surface area contributed by atoms with Gasteiger partial charge in [-0.25, -0.2) is 4.39 Å². The predicted molar refractivity (Wildman–Crippen MR) is 77.2 cm³/mol. The molecule has 0 saturated heterocycles. The molecule has 0 aromatic heterocycles. The van der Waals surface area contributed by atoms with Gasteiger partial charge in [0.25, 0.3) is 5.91 Å². The summed E-state index contributed by atoms with van der Waals surface area (Å²) in [6.45, 7) is 7.13. The normalized spacial score (nSPS) is 10.7. The van der Waals surface area contributed by atoms with Crippen LogP contribution in [-0.4, -0.2) is 37.0 Å². The van der Waals surface area contributed by atoms with E-state index in [1.807, 2.05) is 20.8 Å². The van der Waals surface area contributed by atoms with Crippen LogP contribution in [0.3, 0.4) is 0 Å². The van der Waals surface area contributed by atoms with Crippen LogP contribution in [0.2, 0.25) is 0 Å². The van der Waals surface area contributed by atoms with E-state index in [1.54, 1.807) is 18.0 Å². The van der Waals surface area contributed by atoms with Gasteiger partial charge in [0.1, 0.15) is 11.6 Å². The number of amides is 1. The number of hydrogen-bond acceptors (Lipinski definition) is 3. The fourth-order valence-electron chi connectivity index (χ4n) is 1.61. The maximum atomic E-state index is 13.5. The number of likely N-dealkylation sites (N-methyl/N-ethyl adjacent to an activating group) is 1. The molecule has 0 aliphatic carbocycles. The second-order valence-electron chi connectivity index (χ2n) is 4.96. The predicted octanol–water partition coefficient (Wildman–Crippen LogP) is 2.18. The van der Waals surface area contributed by atoms with E-state index in [4.69, 9.17) is 4.74 Å². The average Bonchev–Trinajstić information content (AvgIpc) is 2.41. The minimum absolute atomic E-state index is 0.0845. The molecule has 0 heterocycles. The molecular weight excluding hydrogens is 259 g/mol. The zero-order chi connectivity index (χ0) is 15.1. The summed E-state index contributed by atoms with van der Waals surface area (Å²) in [7, 11) is 1.72. The first-order valence-electron chi connectivity index (χ1n) is 6.82. The summed E-state index contributed by atoms with van der Waals surface area (Å²) < 4.78 is 18.8. The summed E-state index contributed by atoms with van der Waals surface area (Å²) in [6.07, 6.45) is 0. The highest BCUT2D eigenvalue weighted by atomic mass is 19.1. The Morgan fingerprint density at radius 2 is 2.10 bits per heavy atom. The molecule has 1 N–H and O–H groups in total. The number of carbonyl (C=O) groups is 1. The van der Waals surface area contributed by atoms with Gasteiger partial charge in [-0.2, -0.15) is 0 Å². The lowest BCUT2D eigenvalue weighted by molar-refractivity contribution is -0.133. The Morgan fingerprint density at radius 1 is 1.40 bits per heavy atom. The third kappa shape index (κ3) is 5.17. The highest BCUT2D eigenvalue weighted by Gasteiger charge is 2.12. The average molecular weight is 282 g/mol. The van der Waals surface area contributed by atoms with E-state index in [9.17, 15) is 9.18 Å². The Kier molecular flexibility index (Phi) is 6.45. The Balaban J connectivity index is 2.63. The number of carbonyl (C=O) groups excluding carboxylic acids is 1. The lowest BCUT2D eigenvalue weighted by Crippen LogP contribution is -2.36. The highest BCUT2D eigenvalue weighted by molar-refractivity contribution is 5.77. The minimum Gasteiger partial charge on any atom is -0.484 e. The number of nitrogens with one attached hydrogen (secondary N) is 1. The van der Waals surface area contributed by atoms with Crippen molar-refractivity contribution < 1.29 is 13.9 Å². The van der Waals surface area contributed by atoms with Crippen LogP contribution in [0.5, 0.6) is 5.75 Å². The van der Waals surface area contributed by atoms with Crippen molar-refractivity contribution in [1.29, 1.82) is 0 Å². The van der Waals surface area contributed by atoms with E-state index in [1.165, 1.54) is 12.1 Å². The highest BCUT2D eigenvalue weighted by Crippen LogP contribution is 2.16. The maximum Gasteiger partial charge on any atom is 0.260 e. The first-order chi connectivity index (χ1) is 9.43. The summed E-state index contributed by atoms with van der Waals surface area (Å²) in [4.78, 5) is 13.4. The van der Waals surface area contributed by atoms with Gasteiger partial charge in [0.15, 0.2) is 6.61 Å². The first-order valence-corrected chi connectivity index (χ1v) is 6.82. The van der Waals surface area contributed by atoms with Gasteiger partial charge in [-0.3, -0.25) is 4.79 Å². The van der Waals surface area contributed by atoms with E-state index >= 15 is 0 Å². The standard InChI is InChI=1S/C15H23FN2O2/c1-5-17-9-12-6-13(16)8-14(7-12)20-10-15(19)18(4)11(2)3/h6-8,11,17H,5,9-10H2,1-4H3. The van der Waals surface area contributed by atoms with Crippen molar-refractivity contribution in [2.45, 2.75) is 33.4 Å². The zero-order valence-corrected chi connectivity index (χ0v) is 12.6. The third-order valence-electron chi connectivity index (χ3n) is 3.04. The largest absolute Gasteiger partial charge is 0.484 e. The zero-order valence-electron chi connectivity index (χ0n) is 12.6. The number of nitrogens with zero attached hydrogens (tertiary/aromatic N) is 1. The van der Waals surface area contributed by atoms with E-state index < -0.39 is 0 Å². The van der Waals surface area contributed by atoms with Crippen LogP contribution in [0.25, 0.3) is 0 Å². The molecule has 0 unspecified atom stereocenters. The molecule has 0 atom stereocenters. The van der Waals surface area contributed by atoms with Gasteiger partial charge >= 0.3 is 0 Å². The second-order valence-corrected chi connectivity index (χ2v) is 4.96. The second kappa shape index (κ2) is 7.85. The van der Waals surface area contributed by atoms with Crippen LogP contribution in [0.4, 0.5) is 4.39 Å². The molecule has 5 heteroatoms. The van der Waals surface area contributed by atoms with Crippen molar-refractivity contribution in [3.63, 3.8) is 0 Å². The molecule has 1 aromatic rings. The smallest absolute Gasteiger partial charge is 0.260 e. The molecule has 1 rings (SSSR count). The van der Waals surface area contributed by atoms with Gasteiger partial charge in [-0.05, 0) is 38.1 Å². The van der Waals surface area contributed by atoms with Gasteiger partial charge in [0.2, 0.25) is 0 Å².